The van der Waals surface area contributed by atoms with Crippen molar-refractivity contribution in [1.82, 2.24) is 10.6 Å². The van der Waals surface area contributed by atoms with Crippen molar-refractivity contribution in [1.29, 1.82) is 0 Å². The van der Waals surface area contributed by atoms with Crippen LogP contribution in [-0.4, -0.2) is 37.3 Å². The summed E-state index contributed by atoms with van der Waals surface area (Å²) < 4.78 is 28.4. The van der Waals surface area contributed by atoms with Crippen molar-refractivity contribution in [3.63, 3.8) is 0 Å². The van der Waals surface area contributed by atoms with Gasteiger partial charge in [-0.15, -0.1) is 30.6 Å². The average molecular weight is 441 g/mol. The van der Waals surface area contributed by atoms with Gasteiger partial charge in [0.05, 0.1) is 12.6 Å². The first-order chi connectivity index (χ1) is 10.6. The molecule has 0 saturated heterocycles. The molecule has 0 fully saturated rings. The molecule has 5 nitrogen and oxygen atoms in total. The molecule has 0 radical (unpaired) electrons. The molecule has 0 aliphatic carbocycles. The summed E-state index contributed by atoms with van der Waals surface area (Å²) in [4.78, 5) is 4.24. The first kappa shape index (κ1) is 21.6. The van der Waals surface area contributed by atoms with Crippen LogP contribution >= 0.6 is 24.0 Å². The highest BCUT2D eigenvalue weighted by molar-refractivity contribution is 14.0. The van der Waals surface area contributed by atoms with E-state index in [9.17, 15) is 13.9 Å². The molecule has 130 valence electrons. The number of aliphatic imine (C=N–C) groups is 1. The van der Waals surface area contributed by atoms with Crippen LogP contribution in [0.3, 0.4) is 0 Å². The number of aliphatic hydroxyl groups excluding tert-OH is 1. The van der Waals surface area contributed by atoms with Gasteiger partial charge < -0.3 is 20.5 Å². The van der Waals surface area contributed by atoms with Gasteiger partial charge in [-0.1, -0.05) is 18.2 Å². The zero-order valence-corrected chi connectivity index (χ0v) is 15.2. The molecule has 1 aromatic carbocycles. The smallest absolute Gasteiger partial charge is 0.387 e. The predicted molar refractivity (Wildman–Crippen MR) is 97.6 cm³/mol. The Balaban J connectivity index is 0.00000484. The fourth-order valence-electron chi connectivity index (χ4n) is 1.67. The Morgan fingerprint density at radius 3 is 2.52 bits per heavy atom. The van der Waals surface area contributed by atoms with Crippen molar-refractivity contribution < 1.29 is 18.6 Å². The Labute approximate surface area is 151 Å². The second-order valence-corrected chi connectivity index (χ2v) is 4.35. The first-order valence-electron chi connectivity index (χ1n) is 6.92. The van der Waals surface area contributed by atoms with E-state index >= 15 is 0 Å². The maximum Gasteiger partial charge on any atom is 0.387 e. The van der Waals surface area contributed by atoms with E-state index in [0.717, 1.165) is 0 Å². The number of nitrogens with zero attached hydrogens (tertiary/aromatic N) is 1. The van der Waals surface area contributed by atoms with Gasteiger partial charge in [0, 0.05) is 13.1 Å². The molecule has 1 rings (SSSR count). The summed E-state index contributed by atoms with van der Waals surface area (Å²) in [7, 11) is 0. The number of rotatable bonds is 8. The molecule has 23 heavy (non-hydrogen) atoms. The second-order valence-electron chi connectivity index (χ2n) is 4.35. The highest BCUT2D eigenvalue weighted by atomic mass is 127. The van der Waals surface area contributed by atoms with Crippen molar-refractivity contribution in [3.8, 4) is 5.75 Å². The van der Waals surface area contributed by atoms with Gasteiger partial charge in [0.25, 0.3) is 0 Å². The van der Waals surface area contributed by atoms with Crippen LogP contribution in [0.15, 0.2) is 41.9 Å². The molecule has 3 N–H and O–H groups in total. The molecule has 0 aromatic heterocycles. The van der Waals surface area contributed by atoms with Gasteiger partial charge in [-0.25, -0.2) is 0 Å². The standard InChI is InChI=1S/C15H21F2N3O2.HI/c1-3-9-19-15(18-4-2)20-10-13(21)11-5-7-12(8-6-11)22-14(16)17;/h3,5-8,13-14,21H,1,4,9-10H2,2H3,(H2,18,19,20);1H. The first-order valence-corrected chi connectivity index (χ1v) is 6.92. The van der Waals surface area contributed by atoms with Crippen LogP contribution in [0.2, 0.25) is 0 Å². The van der Waals surface area contributed by atoms with Crippen LogP contribution in [0.5, 0.6) is 5.75 Å². The fourth-order valence-corrected chi connectivity index (χ4v) is 1.67. The summed E-state index contributed by atoms with van der Waals surface area (Å²) in [6.07, 6.45) is 0.866. The summed E-state index contributed by atoms with van der Waals surface area (Å²) in [6, 6.07) is 5.83. The normalized spacial score (nSPS) is 12.3. The molecule has 1 aromatic rings. The third kappa shape index (κ3) is 8.70. The molecule has 0 bridgehead atoms. The molecule has 0 aliphatic rings. The van der Waals surface area contributed by atoms with Crippen molar-refractivity contribution in [2.24, 2.45) is 4.99 Å². The fraction of sp³-hybridized carbons (Fsp3) is 0.400. The molecule has 0 spiro atoms. The van der Waals surface area contributed by atoms with E-state index in [2.05, 4.69) is 26.9 Å². The van der Waals surface area contributed by atoms with Crippen LogP contribution in [0.25, 0.3) is 0 Å². The van der Waals surface area contributed by atoms with Crippen molar-refractivity contribution in [2.45, 2.75) is 19.6 Å². The molecule has 0 heterocycles. The predicted octanol–water partition coefficient (Wildman–Crippen LogP) is 2.68. The zero-order chi connectivity index (χ0) is 16.4. The molecule has 0 saturated carbocycles. The molecule has 1 atom stereocenters. The topological polar surface area (TPSA) is 65.9 Å². The van der Waals surface area contributed by atoms with E-state index in [1.54, 1.807) is 6.08 Å². The lowest BCUT2D eigenvalue weighted by Crippen LogP contribution is -2.37. The Bertz CT molecular complexity index is 484. The van der Waals surface area contributed by atoms with Crippen LogP contribution in [0.4, 0.5) is 8.78 Å². The maximum atomic E-state index is 12.1. The summed E-state index contributed by atoms with van der Waals surface area (Å²) in [5.41, 5.74) is 0.574. The zero-order valence-electron chi connectivity index (χ0n) is 12.8. The third-order valence-corrected chi connectivity index (χ3v) is 2.67. The Morgan fingerprint density at radius 2 is 2.00 bits per heavy atom. The molecular weight excluding hydrogens is 419 g/mol. The maximum absolute atomic E-state index is 12.1. The van der Waals surface area contributed by atoms with Gasteiger partial charge in [-0.3, -0.25) is 4.99 Å². The largest absolute Gasteiger partial charge is 0.435 e. The number of ether oxygens (including phenoxy) is 1. The second kappa shape index (κ2) is 12.1. The summed E-state index contributed by atoms with van der Waals surface area (Å²) in [6.45, 7) is 4.07. The lowest BCUT2D eigenvalue weighted by atomic mass is 10.1. The van der Waals surface area contributed by atoms with E-state index in [1.807, 2.05) is 6.92 Å². The summed E-state index contributed by atoms with van der Waals surface area (Å²) in [5, 5.41) is 16.1. The van der Waals surface area contributed by atoms with Gasteiger partial charge in [0.15, 0.2) is 5.96 Å². The molecule has 8 heteroatoms. The van der Waals surface area contributed by atoms with Crippen LogP contribution in [0.1, 0.15) is 18.6 Å². The van der Waals surface area contributed by atoms with E-state index in [4.69, 9.17) is 0 Å². The minimum atomic E-state index is -2.86. The Kier molecular flexibility index (Phi) is 11.3. The van der Waals surface area contributed by atoms with Crippen molar-refractivity contribution in [2.75, 3.05) is 19.6 Å². The molecule has 0 amide bonds. The van der Waals surface area contributed by atoms with E-state index in [1.165, 1.54) is 24.3 Å². The highest BCUT2D eigenvalue weighted by Crippen LogP contribution is 2.19. The monoisotopic (exact) mass is 441 g/mol. The number of halogens is 3. The minimum absolute atomic E-state index is 0. The molecule has 1 unspecified atom stereocenters. The van der Waals surface area contributed by atoms with Gasteiger partial charge in [0.2, 0.25) is 0 Å². The van der Waals surface area contributed by atoms with Crippen molar-refractivity contribution >= 4 is 29.9 Å². The van der Waals surface area contributed by atoms with E-state index in [0.29, 0.717) is 24.6 Å². The number of benzene rings is 1. The minimum Gasteiger partial charge on any atom is -0.435 e. The number of guanidine groups is 1. The molecular formula is C15H22F2IN3O2. The number of nitrogens with one attached hydrogen (secondary N) is 2. The van der Waals surface area contributed by atoms with Gasteiger partial charge in [-0.2, -0.15) is 8.78 Å². The number of hydrogen-bond donors (Lipinski definition) is 3. The summed E-state index contributed by atoms with van der Waals surface area (Å²) in [5.74, 6) is 0.620. The summed E-state index contributed by atoms with van der Waals surface area (Å²) >= 11 is 0. The van der Waals surface area contributed by atoms with Gasteiger partial charge in [-0.05, 0) is 24.6 Å². The Hall–Kier alpha value is -1.42. The van der Waals surface area contributed by atoms with Crippen molar-refractivity contribution in [3.05, 3.63) is 42.5 Å². The lowest BCUT2D eigenvalue weighted by Gasteiger charge is -2.13. The Morgan fingerprint density at radius 1 is 1.35 bits per heavy atom. The average Bonchev–Trinajstić information content (AvgIpc) is 2.50. The van der Waals surface area contributed by atoms with Gasteiger partial charge >= 0.3 is 6.61 Å². The van der Waals surface area contributed by atoms with Gasteiger partial charge in [0.1, 0.15) is 5.75 Å². The van der Waals surface area contributed by atoms with E-state index in [-0.39, 0.29) is 36.3 Å². The lowest BCUT2D eigenvalue weighted by molar-refractivity contribution is -0.0498. The van der Waals surface area contributed by atoms with Crippen LogP contribution in [0, 0.1) is 0 Å². The third-order valence-electron chi connectivity index (χ3n) is 2.67. The highest BCUT2D eigenvalue weighted by Gasteiger charge is 2.09. The SMILES string of the molecule is C=CCNC(=NCC(O)c1ccc(OC(F)F)cc1)NCC.I. The number of aliphatic hydroxyl groups is 1. The van der Waals surface area contributed by atoms with E-state index < -0.39 is 12.7 Å². The number of alkyl halides is 2. The van der Waals surface area contributed by atoms with Crippen LogP contribution in [-0.2, 0) is 0 Å². The quantitative estimate of drug-likeness (QED) is 0.251. The number of hydrogen-bond acceptors (Lipinski definition) is 3. The molecule has 0 aliphatic heterocycles. The van der Waals surface area contributed by atoms with Crippen LogP contribution < -0.4 is 15.4 Å².